The summed E-state index contributed by atoms with van der Waals surface area (Å²) in [6, 6.07) is 18.2. The van der Waals surface area contributed by atoms with Crippen LogP contribution in [0.1, 0.15) is 32.3 Å². The van der Waals surface area contributed by atoms with Crippen molar-refractivity contribution >= 4 is 0 Å². The smallest absolute Gasteiger partial charge is 0.131 e. The highest BCUT2D eigenvalue weighted by molar-refractivity contribution is 5.47. The minimum atomic E-state index is -0.233. The molecule has 20 heavy (non-hydrogen) atoms. The third kappa shape index (κ3) is 2.20. The van der Waals surface area contributed by atoms with Crippen LogP contribution < -0.4 is 10.5 Å². The van der Waals surface area contributed by atoms with Gasteiger partial charge in [0.25, 0.3) is 0 Å². The summed E-state index contributed by atoms with van der Waals surface area (Å²) in [6.45, 7) is 4.22. The van der Waals surface area contributed by atoms with Crippen molar-refractivity contribution in [2.75, 3.05) is 0 Å². The zero-order valence-corrected chi connectivity index (χ0v) is 12.1. The molecule has 1 fully saturated rings. The van der Waals surface area contributed by atoms with Crippen molar-refractivity contribution in [2.45, 2.75) is 37.6 Å². The molecule has 0 unspecified atom stereocenters. The van der Waals surface area contributed by atoms with Gasteiger partial charge in [0.05, 0.1) is 0 Å². The molecule has 2 aromatic carbocycles. The average Bonchev–Trinajstić information content (AvgIpc) is 3.21. The van der Waals surface area contributed by atoms with Gasteiger partial charge in [-0.25, -0.2) is 0 Å². The van der Waals surface area contributed by atoms with Crippen LogP contribution in [-0.2, 0) is 5.41 Å². The van der Waals surface area contributed by atoms with Gasteiger partial charge in [-0.3, -0.25) is 0 Å². The fourth-order valence-corrected chi connectivity index (χ4v) is 2.95. The van der Waals surface area contributed by atoms with E-state index in [0.29, 0.717) is 0 Å². The molecule has 1 aliphatic rings. The predicted molar refractivity (Wildman–Crippen MR) is 82.1 cm³/mol. The van der Waals surface area contributed by atoms with Gasteiger partial charge in [0.1, 0.15) is 11.5 Å². The van der Waals surface area contributed by atoms with Crippen LogP contribution in [0.3, 0.4) is 0 Å². The van der Waals surface area contributed by atoms with E-state index in [2.05, 4.69) is 26.0 Å². The summed E-state index contributed by atoms with van der Waals surface area (Å²) < 4.78 is 6.08. The monoisotopic (exact) mass is 267 g/mol. The zero-order valence-electron chi connectivity index (χ0n) is 12.1. The van der Waals surface area contributed by atoms with Gasteiger partial charge in [0.15, 0.2) is 0 Å². The van der Waals surface area contributed by atoms with Crippen molar-refractivity contribution < 1.29 is 4.74 Å². The number of benzene rings is 2. The molecule has 0 heterocycles. The summed E-state index contributed by atoms with van der Waals surface area (Å²) in [5.41, 5.74) is 7.47. The van der Waals surface area contributed by atoms with Crippen LogP contribution in [0, 0.1) is 0 Å². The quantitative estimate of drug-likeness (QED) is 0.899. The zero-order chi connectivity index (χ0) is 14.2. The average molecular weight is 267 g/mol. The lowest BCUT2D eigenvalue weighted by atomic mass is 9.79. The number of hydrogen-bond acceptors (Lipinski definition) is 2. The first-order valence-electron chi connectivity index (χ1n) is 7.14. The summed E-state index contributed by atoms with van der Waals surface area (Å²) in [6.07, 6.45) is 2.26. The van der Waals surface area contributed by atoms with Crippen molar-refractivity contribution in [2.24, 2.45) is 5.73 Å². The van der Waals surface area contributed by atoms with Crippen molar-refractivity contribution in [1.29, 1.82) is 0 Å². The molecule has 0 atom stereocenters. The van der Waals surface area contributed by atoms with Crippen molar-refractivity contribution in [3.8, 4) is 11.5 Å². The minimum absolute atomic E-state index is 0.0539. The fraction of sp³-hybridized carbons (Fsp3) is 0.333. The number of nitrogens with two attached hydrogens (primary N) is 1. The Labute approximate surface area is 120 Å². The van der Waals surface area contributed by atoms with Crippen LogP contribution in [0.4, 0.5) is 0 Å². The Hall–Kier alpha value is -1.80. The highest BCUT2D eigenvalue weighted by Crippen LogP contribution is 2.57. The van der Waals surface area contributed by atoms with Crippen LogP contribution in [0.5, 0.6) is 11.5 Å². The Balaban J connectivity index is 1.98. The second-order valence-corrected chi connectivity index (χ2v) is 6.22. The van der Waals surface area contributed by atoms with E-state index in [0.717, 1.165) is 24.3 Å². The lowest BCUT2D eigenvalue weighted by Crippen LogP contribution is -2.45. The molecule has 104 valence electrons. The molecular weight excluding hydrogens is 246 g/mol. The van der Waals surface area contributed by atoms with E-state index in [1.54, 1.807) is 0 Å². The molecule has 0 aromatic heterocycles. The van der Waals surface area contributed by atoms with Crippen molar-refractivity contribution in [3.05, 3.63) is 60.2 Å². The maximum atomic E-state index is 6.41. The lowest BCUT2D eigenvalue weighted by Gasteiger charge is -2.32. The maximum absolute atomic E-state index is 6.41. The normalized spacial score (nSPS) is 16.8. The molecular formula is C18H21NO. The Kier molecular flexibility index (Phi) is 3.06. The summed E-state index contributed by atoms with van der Waals surface area (Å²) in [7, 11) is 0. The van der Waals surface area contributed by atoms with Gasteiger partial charge in [-0.05, 0) is 44.9 Å². The van der Waals surface area contributed by atoms with Gasteiger partial charge in [0.2, 0.25) is 0 Å². The lowest BCUT2D eigenvalue weighted by molar-refractivity contribution is 0.375. The van der Waals surface area contributed by atoms with Crippen molar-refractivity contribution in [1.82, 2.24) is 0 Å². The van der Waals surface area contributed by atoms with E-state index in [1.807, 2.05) is 42.5 Å². The summed E-state index contributed by atoms with van der Waals surface area (Å²) in [4.78, 5) is 0. The number of hydrogen-bond donors (Lipinski definition) is 1. The van der Waals surface area contributed by atoms with Crippen LogP contribution in [0.15, 0.2) is 54.6 Å². The molecule has 1 saturated carbocycles. The number of para-hydroxylation sites is 2. The standard InChI is InChI=1S/C18H21NO/c1-17(2,19)18(12-13-18)15-10-6-7-11-16(15)20-14-8-4-3-5-9-14/h3-11H,12-13,19H2,1-2H3. The van der Waals surface area contributed by atoms with Gasteiger partial charge < -0.3 is 10.5 Å². The van der Waals surface area contributed by atoms with E-state index < -0.39 is 0 Å². The van der Waals surface area contributed by atoms with Gasteiger partial charge in [0, 0.05) is 16.5 Å². The molecule has 1 aliphatic carbocycles. The van der Waals surface area contributed by atoms with E-state index >= 15 is 0 Å². The van der Waals surface area contributed by atoms with Gasteiger partial charge in [-0.1, -0.05) is 36.4 Å². The van der Waals surface area contributed by atoms with Crippen LogP contribution >= 0.6 is 0 Å². The largest absolute Gasteiger partial charge is 0.457 e. The van der Waals surface area contributed by atoms with E-state index in [9.17, 15) is 0 Å². The fourth-order valence-electron chi connectivity index (χ4n) is 2.95. The summed E-state index contributed by atoms with van der Waals surface area (Å²) >= 11 is 0. The van der Waals surface area contributed by atoms with E-state index in [1.165, 1.54) is 5.56 Å². The van der Waals surface area contributed by atoms with Crippen LogP contribution in [0.25, 0.3) is 0 Å². The maximum Gasteiger partial charge on any atom is 0.131 e. The highest BCUT2D eigenvalue weighted by atomic mass is 16.5. The Morgan fingerprint density at radius 2 is 1.55 bits per heavy atom. The van der Waals surface area contributed by atoms with Gasteiger partial charge >= 0.3 is 0 Å². The molecule has 0 amide bonds. The molecule has 2 aromatic rings. The van der Waals surface area contributed by atoms with Gasteiger partial charge in [-0.2, -0.15) is 0 Å². The highest BCUT2D eigenvalue weighted by Gasteiger charge is 2.55. The molecule has 0 aliphatic heterocycles. The van der Waals surface area contributed by atoms with E-state index in [4.69, 9.17) is 10.5 Å². The van der Waals surface area contributed by atoms with E-state index in [-0.39, 0.29) is 11.0 Å². The Morgan fingerprint density at radius 3 is 2.15 bits per heavy atom. The second-order valence-electron chi connectivity index (χ2n) is 6.22. The molecule has 2 N–H and O–H groups in total. The molecule has 2 nitrogen and oxygen atoms in total. The topological polar surface area (TPSA) is 35.2 Å². The molecule has 0 spiro atoms. The first-order valence-corrected chi connectivity index (χ1v) is 7.14. The van der Waals surface area contributed by atoms with Crippen LogP contribution in [-0.4, -0.2) is 5.54 Å². The molecule has 3 rings (SSSR count). The minimum Gasteiger partial charge on any atom is -0.457 e. The molecule has 0 radical (unpaired) electrons. The first kappa shape index (κ1) is 13.2. The third-order valence-electron chi connectivity index (χ3n) is 4.36. The molecule has 0 saturated heterocycles. The Bertz CT molecular complexity index is 594. The van der Waals surface area contributed by atoms with Crippen molar-refractivity contribution in [3.63, 3.8) is 0 Å². The first-order chi connectivity index (χ1) is 9.53. The molecule has 2 heteroatoms. The Morgan fingerprint density at radius 1 is 0.950 bits per heavy atom. The summed E-state index contributed by atoms with van der Waals surface area (Å²) in [5.74, 6) is 1.79. The summed E-state index contributed by atoms with van der Waals surface area (Å²) in [5, 5.41) is 0. The third-order valence-corrected chi connectivity index (χ3v) is 4.36. The number of ether oxygens (including phenoxy) is 1. The van der Waals surface area contributed by atoms with Gasteiger partial charge in [-0.15, -0.1) is 0 Å². The SMILES string of the molecule is CC(C)(N)C1(c2ccccc2Oc2ccccc2)CC1. The second kappa shape index (κ2) is 4.64. The predicted octanol–water partition coefficient (Wildman–Crippen LogP) is 4.25. The number of rotatable bonds is 4. The molecule has 0 bridgehead atoms. The van der Waals surface area contributed by atoms with Crippen LogP contribution in [0.2, 0.25) is 0 Å².